The van der Waals surface area contributed by atoms with Crippen molar-refractivity contribution < 1.29 is 19.2 Å². The fourth-order valence-electron chi connectivity index (χ4n) is 3.48. The van der Waals surface area contributed by atoms with E-state index in [1.54, 1.807) is 27.7 Å². The normalized spacial score (nSPS) is 25.3. The van der Waals surface area contributed by atoms with Crippen molar-refractivity contribution in [3.05, 3.63) is 0 Å². The van der Waals surface area contributed by atoms with Gasteiger partial charge in [-0.15, -0.1) is 0 Å². The number of nitrogens with one attached hydrogen (secondary N) is 4. The number of aliphatic imine (C=N–C) groups is 1. The maximum absolute atomic E-state index is 13.3. The number of hydrogen-bond acceptors (Lipinski definition) is 5. The molecule has 0 radical (unpaired) electrons. The highest BCUT2D eigenvalue weighted by Gasteiger charge is 2.37. The minimum Gasteiger partial charge on any atom is -0.370 e. The Kier molecular flexibility index (Phi) is 11.7. The lowest BCUT2D eigenvalue weighted by molar-refractivity contribution is -0.137. The second-order valence-electron chi connectivity index (χ2n) is 9.02. The average molecular weight is 468 g/mol. The molecule has 188 valence electrons. The fraction of sp³-hybridized carbons (Fsp3) is 0.773. The Morgan fingerprint density at radius 1 is 1.12 bits per heavy atom. The van der Waals surface area contributed by atoms with Crippen molar-refractivity contribution in [3.8, 4) is 0 Å². The van der Waals surface area contributed by atoms with Crippen LogP contribution in [0.25, 0.3) is 0 Å². The zero-order valence-corrected chi connectivity index (χ0v) is 20.3. The van der Waals surface area contributed by atoms with E-state index >= 15 is 0 Å². The van der Waals surface area contributed by atoms with E-state index in [0.29, 0.717) is 38.8 Å². The summed E-state index contributed by atoms with van der Waals surface area (Å²) in [4.78, 5) is 55.1. The minimum absolute atomic E-state index is 0.0545. The molecule has 0 saturated carbocycles. The Labute approximate surface area is 196 Å². The molecular weight excluding hydrogens is 426 g/mol. The van der Waals surface area contributed by atoms with Gasteiger partial charge in [-0.25, -0.2) is 0 Å². The number of hydrogen-bond donors (Lipinski definition) is 6. The molecule has 1 aliphatic heterocycles. The van der Waals surface area contributed by atoms with Gasteiger partial charge in [0.2, 0.25) is 23.6 Å². The molecule has 11 nitrogen and oxygen atoms in total. The first-order valence-corrected chi connectivity index (χ1v) is 11.8. The van der Waals surface area contributed by atoms with Gasteiger partial charge in [0, 0.05) is 19.0 Å². The second kappa shape index (κ2) is 13.6. The Morgan fingerprint density at radius 3 is 2.42 bits per heavy atom. The van der Waals surface area contributed by atoms with Crippen molar-refractivity contribution in [2.75, 3.05) is 13.1 Å². The smallest absolute Gasteiger partial charge is 0.246 e. The predicted molar refractivity (Wildman–Crippen MR) is 127 cm³/mol. The third-order valence-electron chi connectivity index (χ3n) is 5.69. The highest BCUT2D eigenvalue weighted by Crippen LogP contribution is 2.18. The zero-order chi connectivity index (χ0) is 25.0. The summed E-state index contributed by atoms with van der Waals surface area (Å²) < 4.78 is 0. The van der Waals surface area contributed by atoms with Gasteiger partial charge in [-0.2, -0.15) is 0 Å². The van der Waals surface area contributed by atoms with Crippen molar-refractivity contribution in [2.45, 2.75) is 90.3 Å². The van der Waals surface area contributed by atoms with Crippen LogP contribution in [0.2, 0.25) is 0 Å². The van der Waals surface area contributed by atoms with Gasteiger partial charge in [-0.3, -0.25) is 24.2 Å². The maximum atomic E-state index is 13.3. The van der Waals surface area contributed by atoms with Crippen LogP contribution in [0.4, 0.5) is 0 Å². The van der Waals surface area contributed by atoms with E-state index in [9.17, 15) is 19.2 Å². The molecule has 0 aliphatic carbocycles. The summed E-state index contributed by atoms with van der Waals surface area (Å²) in [7, 11) is 0. The minimum atomic E-state index is -1.17. The van der Waals surface area contributed by atoms with Gasteiger partial charge in [-0.05, 0) is 39.0 Å². The summed E-state index contributed by atoms with van der Waals surface area (Å²) >= 11 is 0. The molecule has 0 aromatic heterocycles. The highest BCUT2D eigenvalue weighted by atomic mass is 16.2. The highest BCUT2D eigenvalue weighted by molar-refractivity contribution is 5.96. The number of amides is 4. The zero-order valence-electron chi connectivity index (χ0n) is 20.3. The Bertz CT molecular complexity index is 722. The molecular formula is C22H41N7O4. The number of rotatable bonds is 7. The first-order valence-electron chi connectivity index (χ1n) is 11.8. The molecule has 1 saturated heterocycles. The first kappa shape index (κ1) is 28.2. The number of nitrogens with zero attached hydrogens (tertiary/aromatic N) is 1. The molecule has 1 aliphatic rings. The van der Waals surface area contributed by atoms with Gasteiger partial charge < -0.3 is 32.7 Å². The number of carbonyl (C=O) groups excluding carboxylic acids is 4. The molecule has 0 spiro atoms. The van der Waals surface area contributed by atoms with Crippen molar-refractivity contribution in [1.82, 2.24) is 21.3 Å². The van der Waals surface area contributed by atoms with Crippen LogP contribution in [0.1, 0.15) is 72.6 Å². The SMILES string of the molecule is CCC1NC(=O)C(CCCN=C(N)N)NC(=O)C(C)(NC(=O)C(C)C)CCCCCNC1=O. The van der Waals surface area contributed by atoms with Crippen LogP contribution in [-0.2, 0) is 19.2 Å². The predicted octanol–water partition coefficient (Wildman–Crippen LogP) is -0.359. The molecule has 0 aromatic rings. The molecule has 11 heteroatoms. The number of carbonyl (C=O) groups is 4. The van der Waals surface area contributed by atoms with Crippen LogP contribution in [0.5, 0.6) is 0 Å². The van der Waals surface area contributed by atoms with Gasteiger partial charge in [0.1, 0.15) is 17.6 Å². The Morgan fingerprint density at radius 2 is 1.82 bits per heavy atom. The summed E-state index contributed by atoms with van der Waals surface area (Å²) in [6.45, 7) is 7.77. The fourth-order valence-corrected chi connectivity index (χ4v) is 3.48. The molecule has 0 aromatic carbocycles. The van der Waals surface area contributed by atoms with Gasteiger partial charge in [0.25, 0.3) is 0 Å². The quantitative estimate of drug-likeness (QED) is 0.169. The summed E-state index contributed by atoms with van der Waals surface area (Å²) in [5.41, 5.74) is 9.54. The number of guanidine groups is 1. The van der Waals surface area contributed by atoms with E-state index in [2.05, 4.69) is 26.3 Å². The summed E-state index contributed by atoms with van der Waals surface area (Å²) in [5.74, 6) is -1.73. The maximum Gasteiger partial charge on any atom is 0.246 e. The Balaban J connectivity index is 3.15. The Hall–Kier alpha value is -2.85. The van der Waals surface area contributed by atoms with Crippen LogP contribution < -0.4 is 32.7 Å². The van der Waals surface area contributed by atoms with Crippen molar-refractivity contribution in [3.63, 3.8) is 0 Å². The van der Waals surface area contributed by atoms with Crippen molar-refractivity contribution in [1.29, 1.82) is 0 Å². The molecule has 4 amide bonds. The van der Waals surface area contributed by atoms with E-state index in [1.807, 2.05) is 0 Å². The molecule has 1 rings (SSSR count). The summed E-state index contributed by atoms with van der Waals surface area (Å²) in [6, 6.07) is -1.61. The van der Waals surface area contributed by atoms with Crippen LogP contribution >= 0.6 is 0 Å². The van der Waals surface area contributed by atoms with E-state index < -0.39 is 29.4 Å². The molecule has 33 heavy (non-hydrogen) atoms. The molecule has 8 N–H and O–H groups in total. The van der Waals surface area contributed by atoms with Crippen LogP contribution in [0.15, 0.2) is 4.99 Å². The van der Waals surface area contributed by atoms with Gasteiger partial charge in [0.05, 0.1) is 0 Å². The van der Waals surface area contributed by atoms with E-state index in [4.69, 9.17) is 11.5 Å². The molecule has 3 unspecified atom stereocenters. The van der Waals surface area contributed by atoms with E-state index in [0.717, 1.165) is 12.8 Å². The van der Waals surface area contributed by atoms with E-state index in [1.165, 1.54) is 0 Å². The molecule has 1 heterocycles. The van der Waals surface area contributed by atoms with Crippen LogP contribution in [0.3, 0.4) is 0 Å². The van der Waals surface area contributed by atoms with E-state index in [-0.39, 0.29) is 30.1 Å². The van der Waals surface area contributed by atoms with Crippen molar-refractivity contribution >= 4 is 29.6 Å². The first-order chi connectivity index (χ1) is 15.5. The lowest BCUT2D eigenvalue weighted by Crippen LogP contribution is -2.62. The van der Waals surface area contributed by atoms with Crippen molar-refractivity contribution in [2.24, 2.45) is 22.4 Å². The summed E-state index contributed by atoms with van der Waals surface area (Å²) in [5, 5.41) is 11.3. The second-order valence-corrected chi connectivity index (χ2v) is 9.02. The molecule has 3 atom stereocenters. The largest absolute Gasteiger partial charge is 0.370 e. The third-order valence-corrected chi connectivity index (χ3v) is 5.69. The monoisotopic (exact) mass is 467 g/mol. The van der Waals surface area contributed by atoms with Crippen LogP contribution in [-0.4, -0.2) is 60.3 Å². The van der Waals surface area contributed by atoms with Gasteiger partial charge >= 0.3 is 0 Å². The lowest BCUT2D eigenvalue weighted by atomic mass is 9.91. The van der Waals surface area contributed by atoms with Crippen LogP contribution in [0, 0.1) is 5.92 Å². The lowest BCUT2D eigenvalue weighted by Gasteiger charge is -2.33. The average Bonchev–Trinajstić information content (AvgIpc) is 2.74. The molecule has 0 bridgehead atoms. The summed E-state index contributed by atoms with van der Waals surface area (Å²) in [6.07, 6.45) is 3.72. The molecule has 1 fully saturated rings. The van der Waals surface area contributed by atoms with Gasteiger partial charge in [0.15, 0.2) is 5.96 Å². The third kappa shape index (κ3) is 9.67. The standard InChI is InChI=1S/C22H41N7O4/c1-5-15-18(31)25-12-8-6-7-11-22(4,29-17(30)14(2)3)20(33)28-16(19(32)27-15)10-9-13-26-21(23)24/h14-16H,5-13H2,1-4H3,(H,25,31)(H,27,32)(H,28,33)(H,29,30)(H4,23,24,26). The number of nitrogens with two attached hydrogens (primary N) is 2. The topological polar surface area (TPSA) is 181 Å². The van der Waals surface area contributed by atoms with Gasteiger partial charge in [-0.1, -0.05) is 33.6 Å².